The lowest BCUT2D eigenvalue weighted by molar-refractivity contribution is 0.159. The highest BCUT2D eigenvalue weighted by molar-refractivity contribution is 6.13. The van der Waals surface area contributed by atoms with Crippen molar-refractivity contribution < 1.29 is 9.47 Å². The van der Waals surface area contributed by atoms with E-state index in [-0.39, 0.29) is 11.6 Å². The Hall–Kier alpha value is -4.13. The van der Waals surface area contributed by atoms with Gasteiger partial charge in [-0.15, -0.1) is 10.2 Å². The fraction of sp³-hybridized carbons (Fsp3) is 0.160. The molecule has 1 aromatic heterocycles. The molecule has 0 saturated carbocycles. The Morgan fingerprint density at radius 1 is 1.00 bits per heavy atom. The van der Waals surface area contributed by atoms with Crippen molar-refractivity contribution in [3.8, 4) is 11.5 Å². The van der Waals surface area contributed by atoms with Gasteiger partial charge in [0.2, 0.25) is 5.96 Å². The lowest BCUT2D eigenvalue weighted by Crippen LogP contribution is -2.27. The molecule has 0 radical (unpaired) electrons. The highest BCUT2D eigenvalue weighted by atomic mass is 16.5. The zero-order valence-corrected chi connectivity index (χ0v) is 18.0. The maximum Gasteiger partial charge on any atom is 0.211 e. The average molecular weight is 428 g/mol. The Bertz CT molecular complexity index is 1200. The van der Waals surface area contributed by atoms with E-state index < -0.39 is 0 Å². The summed E-state index contributed by atoms with van der Waals surface area (Å²) in [6.45, 7) is 4.47. The molecule has 2 heterocycles. The molecule has 162 valence electrons. The third-order valence-corrected chi connectivity index (χ3v) is 4.85. The summed E-state index contributed by atoms with van der Waals surface area (Å²) in [6.07, 6.45) is 7.56. The van der Waals surface area contributed by atoms with Crippen LogP contribution in [0, 0.1) is 0 Å². The Labute approximate surface area is 187 Å². The molecule has 32 heavy (non-hydrogen) atoms. The fourth-order valence-electron chi connectivity index (χ4n) is 3.30. The molecule has 2 aromatic carbocycles. The lowest BCUT2D eigenvalue weighted by atomic mass is 9.97. The number of rotatable bonds is 6. The molecule has 4 rings (SSSR count). The molecule has 3 aromatic rings. The highest BCUT2D eigenvalue weighted by Crippen LogP contribution is 2.32. The van der Waals surface area contributed by atoms with Gasteiger partial charge in [0.1, 0.15) is 29.4 Å². The Morgan fingerprint density at radius 2 is 1.78 bits per heavy atom. The monoisotopic (exact) mass is 427 g/mol. The zero-order chi connectivity index (χ0) is 22.6. The summed E-state index contributed by atoms with van der Waals surface area (Å²) < 4.78 is 12.0. The fourth-order valence-corrected chi connectivity index (χ4v) is 3.30. The van der Waals surface area contributed by atoms with Crippen LogP contribution in [0.25, 0.3) is 6.08 Å². The second-order valence-electron chi connectivity index (χ2n) is 7.94. The first-order valence-corrected chi connectivity index (χ1v) is 10.2. The van der Waals surface area contributed by atoms with Crippen molar-refractivity contribution >= 4 is 17.7 Å². The molecule has 0 amide bonds. The van der Waals surface area contributed by atoms with Gasteiger partial charge in [-0.2, -0.15) is 0 Å². The molecule has 0 saturated heterocycles. The second kappa shape index (κ2) is 8.93. The molecule has 7 heteroatoms. The van der Waals surface area contributed by atoms with Crippen LogP contribution >= 0.6 is 0 Å². The quantitative estimate of drug-likeness (QED) is 0.353. The number of nitrogens with two attached hydrogens (primary N) is 2. The summed E-state index contributed by atoms with van der Waals surface area (Å²) in [5.41, 5.74) is 15.0. The summed E-state index contributed by atoms with van der Waals surface area (Å²) in [5, 5.41) is 8.23. The van der Waals surface area contributed by atoms with Crippen LogP contribution in [0.15, 0.2) is 83.3 Å². The van der Waals surface area contributed by atoms with E-state index in [0.717, 1.165) is 28.0 Å². The van der Waals surface area contributed by atoms with E-state index in [1.54, 1.807) is 12.4 Å². The molecule has 0 unspecified atom stereocenters. The van der Waals surface area contributed by atoms with Crippen molar-refractivity contribution in [1.29, 1.82) is 0 Å². The van der Waals surface area contributed by atoms with Gasteiger partial charge in [-0.1, -0.05) is 18.2 Å². The standard InChI is InChI=1S/C25H25N5O2/c1-25(2)11-8-18-14-20(6-7-22(18)32-25)23(29-30-24(26)27)19-4-3-5-21(15-19)31-16-17-9-12-28-13-10-17/h3-15H,16H2,1-2H3,(H4,26,27,30)/b29-23+. The molecule has 4 N–H and O–H groups in total. The number of guanidine groups is 1. The summed E-state index contributed by atoms with van der Waals surface area (Å²) in [4.78, 5) is 4.03. The predicted octanol–water partition coefficient (Wildman–Crippen LogP) is 3.87. The molecular weight excluding hydrogens is 402 g/mol. The smallest absolute Gasteiger partial charge is 0.211 e. The van der Waals surface area contributed by atoms with E-state index in [4.69, 9.17) is 20.9 Å². The first-order chi connectivity index (χ1) is 15.4. The van der Waals surface area contributed by atoms with E-state index in [9.17, 15) is 0 Å². The summed E-state index contributed by atoms with van der Waals surface area (Å²) >= 11 is 0. The molecule has 7 nitrogen and oxygen atoms in total. The van der Waals surface area contributed by atoms with Gasteiger partial charge in [-0.3, -0.25) is 4.98 Å². The van der Waals surface area contributed by atoms with Crippen LogP contribution in [-0.4, -0.2) is 22.3 Å². The minimum Gasteiger partial charge on any atom is -0.489 e. The zero-order valence-electron chi connectivity index (χ0n) is 18.0. The first-order valence-electron chi connectivity index (χ1n) is 10.2. The first kappa shape index (κ1) is 21.1. The van der Waals surface area contributed by atoms with Crippen LogP contribution in [0.5, 0.6) is 11.5 Å². The van der Waals surface area contributed by atoms with Crippen molar-refractivity contribution in [2.45, 2.75) is 26.1 Å². The minimum absolute atomic E-state index is 0.115. The molecule has 0 aliphatic carbocycles. The van der Waals surface area contributed by atoms with Crippen LogP contribution in [0.4, 0.5) is 0 Å². The van der Waals surface area contributed by atoms with E-state index in [2.05, 4.69) is 21.3 Å². The minimum atomic E-state index is -0.343. The van der Waals surface area contributed by atoms with Crippen LogP contribution in [0.2, 0.25) is 0 Å². The van der Waals surface area contributed by atoms with Gasteiger partial charge >= 0.3 is 0 Å². The number of benzene rings is 2. The number of ether oxygens (including phenoxy) is 2. The normalized spacial score (nSPS) is 14.2. The van der Waals surface area contributed by atoms with E-state index in [0.29, 0.717) is 18.1 Å². The van der Waals surface area contributed by atoms with Gasteiger partial charge in [-0.25, -0.2) is 0 Å². The van der Waals surface area contributed by atoms with Crippen LogP contribution in [0.3, 0.4) is 0 Å². The lowest BCUT2D eigenvalue weighted by Gasteiger charge is -2.28. The van der Waals surface area contributed by atoms with Gasteiger partial charge in [0, 0.05) is 29.1 Å². The van der Waals surface area contributed by atoms with Crippen molar-refractivity contribution in [2.75, 3.05) is 0 Å². The Morgan fingerprint density at radius 3 is 2.56 bits per heavy atom. The largest absolute Gasteiger partial charge is 0.489 e. The van der Waals surface area contributed by atoms with Gasteiger partial charge in [-0.05, 0) is 68.0 Å². The van der Waals surface area contributed by atoms with Crippen molar-refractivity contribution in [3.05, 3.63) is 95.3 Å². The molecule has 1 aliphatic heterocycles. The second-order valence-corrected chi connectivity index (χ2v) is 7.94. The number of hydrogen-bond acceptors (Lipinski definition) is 5. The van der Waals surface area contributed by atoms with Crippen LogP contribution < -0.4 is 20.9 Å². The van der Waals surface area contributed by atoms with Crippen LogP contribution in [0.1, 0.15) is 36.1 Å². The molecule has 1 aliphatic rings. The SMILES string of the molecule is CC1(C)C=Cc2cc(/C(=N/N=C(N)N)c3cccc(OCc4ccncc4)c3)ccc2O1. The summed E-state index contributed by atoms with van der Waals surface area (Å²) in [5.74, 6) is 1.41. The highest BCUT2D eigenvalue weighted by Gasteiger charge is 2.22. The number of nitrogens with zero attached hydrogens (tertiary/aromatic N) is 3. The topological polar surface area (TPSA) is 108 Å². The summed E-state index contributed by atoms with van der Waals surface area (Å²) in [6, 6.07) is 17.4. The maximum absolute atomic E-state index is 6.03. The number of aromatic nitrogens is 1. The molecule has 0 spiro atoms. The number of hydrogen-bond donors (Lipinski definition) is 2. The molecule has 0 fully saturated rings. The third-order valence-electron chi connectivity index (χ3n) is 4.85. The van der Waals surface area contributed by atoms with Crippen molar-refractivity contribution in [2.24, 2.45) is 21.7 Å². The van der Waals surface area contributed by atoms with Crippen molar-refractivity contribution in [1.82, 2.24) is 4.98 Å². The van der Waals surface area contributed by atoms with Gasteiger partial charge in [0.05, 0.1) is 0 Å². The maximum atomic E-state index is 6.03. The van der Waals surface area contributed by atoms with E-state index in [1.165, 1.54) is 0 Å². The Kier molecular flexibility index (Phi) is 5.89. The summed E-state index contributed by atoms with van der Waals surface area (Å²) in [7, 11) is 0. The predicted molar refractivity (Wildman–Crippen MR) is 127 cm³/mol. The molecule has 0 bridgehead atoms. The van der Waals surface area contributed by atoms with E-state index >= 15 is 0 Å². The third kappa shape index (κ3) is 5.13. The molecule has 0 atom stereocenters. The number of fused-ring (bicyclic) bond motifs is 1. The van der Waals surface area contributed by atoms with Crippen molar-refractivity contribution in [3.63, 3.8) is 0 Å². The van der Waals surface area contributed by atoms with Gasteiger partial charge < -0.3 is 20.9 Å². The van der Waals surface area contributed by atoms with E-state index in [1.807, 2.05) is 74.5 Å². The van der Waals surface area contributed by atoms with Gasteiger partial charge in [0.15, 0.2) is 0 Å². The average Bonchev–Trinajstić information content (AvgIpc) is 2.78. The Balaban J connectivity index is 1.66. The number of pyridine rings is 1. The van der Waals surface area contributed by atoms with Crippen LogP contribution in [-0.2, 0) is 6.61 Å². The van der Waals surface area contributed by atoms with Gasteiger partial charge in [0.25, 0.3) is 0 Å². The molecular formula is C25H25N5O2.